The Morgan fingerprint density at radius 2 is 2.00 bits per heavy atom. The van der Waals surface area contributed by atoms with Gasteiger partial charge in [0.25, 0.3) is 0 Å². The smallest absolute Gasteiger partial charge is 0.0207 e. The lowest BCUT2D eigenvalue weighted by Gasteiger charge is -2.27. The first-order valence-electron chi connectivity index (χ1n) is 4.92. The van der Waals surface area contributed by atoms with Crippen molar-refractivity contribution in [3.8, 4) is 0 Å². The van der Waals surface area contributed by atoms with Crippen molar-refractivity contribution in [2.75, 3.05) is 13.1 Å². The summed E-state index contributed by atoms with van der Waals surface area (Å²) in [5, 5.41) is 0. The maximum absolute atomic E-state index is 6.02. The molecule has 14 heavy (non-hydrogen) atoms. The summed E-state index contributed by atoms with van der Waals surface area (Å²) < 4.78 is 3.04. The molecule has 0 aliphatic carbocycles. The van der Waals surface area contributed by atoms with Crippen LogP contribution in [0.4, 0.5) is 0 Å². The van der Waals surface area contributed by atoms with Crippen molar-refractivity contribution in [1.82, 2.24) is 4.42 Å². The van der Waals surface area contributed by atoms with E-state index < -0.39 is 0 Å². The van der Waals surface area contributed by atoms with E-state index >= 15 is 0 Å². The molecule has 1 fully saturated rings. The van der Waals surface area contributed by atoms with Gasteiger partial charge in [-0.2, -0.15) is 0 Å². The minimum absolute atomic E-state index is 0.606. The van der Waals surface area contributed by atoms with Gasteiger partial charge in [-0.1, -0.05) is 28.1 Å². The molecular formula is C11H13BrClN. The Morgan fingerprint density at radius 3 is 2.64 bits per heavy atom. The first-order valence-corrected chi connectivity index (χ1v) is 6.05. The molecule has 1 nitrogen and oxygen atoms in total. The summed E-state index contributed by atoms with van der Waals surface area (Å²) in [6, 6.07) is 8.57. The second kappa shape index (κ2) is 4.65. The van der Waals surface area contributed by atoms with Gasteiger partial charge in [0.05, 0.1) is 0 Å². The van der Waals surface area contributed by atoms with Crippen molar-refractivity contribution in [3.63, 3.8) is 0 Å². The molecule has 0 unspecified atom stereocenters. The van der Waals surface area contributed by atoms with Gasteiger partial charge in [0.2, 0.25) is 0 Å². The van der Waals surface area contributed by atoms with E-state index in [9.17, 15) is 0 Å². The molecule has 0 radical (unpaired) electrons. The van der Waals surface area contributed by atoms with Gasteiger partial charge in [0.15, 0.2) is 0 Å². The predicted molar refractivity (Wildman–Crippen MR) is 63.5 cm³/mol. The number of benzene rings is 1. The molecule has 2 rings (SSSR count). The van der Waals surface area contributed by atoms with Crippen molar-refractivity contribution in [1.29, 1.82) is 0 Å². The Labute approximate surface area is 98.3 Å². The molecule has 0 bridgehead atoms. The summed E-state index contributed by atoms with van der Waals surface area (Å²) in [6.45, 7) is 2.00. The fraction of sp³-hybridized carbons (Fsp3) is 0.455. The molecule has 1 atom stereocenters. The summed E-state index contributed by atoms with van der Waals surface area (Å²) in [7, 11) is 0. The van der Waals surface area contributed by atoms with Crippen LogP contribution in [0.2, 0.25) is 0 Å². The number of hydrogen-bond donors (Lipinski definition) is 0. The normalized spacial score (nSPS) is 23.7. The fourth-order valence-electron chi connectivity index (χ4n) is 1.94. The standard InChI is InChI=1S/C11H13BrClN/c12-11-5-3-9(4-6-11)10-2-1-7-14(13)8-10/h3-6,10H,1-2,7-8H2/t10-/m1/s1. The Balaban J connectivity index is 2.10. The van der Waals surface area contributed by atoms with Gasteiger partial charge in [-0.25, -0.2) is 4.42 Å². The van der Waals surface area contributed by atoms with Gasteiger partial charge in [-0.15, -0.1) is 0 Å². The van der Waals surface area contributed by atoms with Crippen molar-refractivity contribution >= 4 is 27.7 Å². The minimum Gasteiger partial charge on any atom is -0.220 e. The molecule has 0 saturated carbocycles. The summed E-state index contributed by atoms with van der Waals surface area (Å²) in [4.78, 5) is 0. The molecule has 1 heterocycles. The summed E-state index contributed by atoms with van der Waals surface area (Å²) in [5.74, 6) is 0.606. The van der Waals surface area contributed by atoms with Gasteiger partial charge in [-0.05, 0) is 48.2 Å². The SMILES string of the molecule is ClN1CCC[C@@H](c2ccc(Br)cc2)C1. The number of rotatable bonds is 1. The van der Waals surface area contributed by atoms with Crippen LogP contribution >= 0.6 is 27.7 Å². The molecule has 1 aliphatic heterocycles. The highest BCUT2D eigenvalue weighted by atomic mass is 79.9. The zero-order valence-corrected chi connectivity index (χ0v) is 10.3. The minimum atomic E-state index is 0.606. The molecular weight excluding hydrogens is 261 g/mol. The van der Waals surface area contributed by atoms with Gasteiger partial charge < -0.3 is 0 Å². The van der Waals surface area contributed by atoms with Crippen LogP contribution in [-0.2, 0) is 0 Å². The van der Waals surface area contributed by atoms with Crippen molar-refractivity contribution in [3.05, 3.63) is 34.3 Å². The third-order valence-electron chi connectivity index (χ3n) is 2.71. The van der Waals surface area contributed by atoms with Gasteiger partial charge in [0, 0.05) is 17.6 Å². The third-order valence-corrected chi connectivity index (χ3v) is 3.55. The number of hydrogen-bond acceptors (Lipinski definition) is 1. The Bertz CT molecular complexity index is 299. The Morgan fingerprint density at radius 1 is 1.29 bits per heavy atom. The quantitative estimate of drug-likeness (QED) is 0.705. The third kappa shape index (κ3) is 2.50. The van der Waals surface area contributed by atoms with E-state index in [0.717, 1.165) is 17.6 Å². The maximum Gasteiger partial charge on any atom is 0.0207 e. The van der Waals surface area contributed by atoms with Crippen molar-refractivity contribution in [2.24, 2.45) is 0 Å². The number of halogens is 2. The fourth-order valence-corrected chi connectivity index (χ4v) is 2.49. The molecule has 1 aromatic rings. The highest BCUT2D eigenvalue weighted by Gasteiger charge is 2.19. The summed E-state index contributed by atoms with van der Waals surface area (Å²) >= 11 is 9.46. The highest BCUT2D eigenvalue weighted by Crippen LogP contribution is 2.28. The van der Waals surface area contributed by atoms with E-state index in [-0.39, 0.29) is 0 Å². The monoisotopic (exact) mass is 273 g/mol. The lowest BCUT2D eigenvalue weighted by Crippen LogP contribution is -2.26. The molecule has 1 aromatic carbocycles. The average Bonchev–Trinajstić information content (AvgIpc) is 2.19. The highest BCUT2D eigenvalue weighted by molar-refractivity contribution is 9.10. The molecule has 76 valence electrons. The van der Waals surface area contributed by atoms with Crippen molar-refractivity contribution < 1.29 is 0 Å². The van der Waals surface area contributed by atoms with Crippen LogP contribution in [0, 0.1) is 0 Å². The molecule has 0 amide bonds. The van der Waals surface area contributed by atoms with Crippen LogP contribution in [0.25, 0.3) is 0 Å². The van der Waals surface area contributed by atoms with Crippen LogP contribution in [0.5, 0.6) is 0 Å². The molecule has 3 heteroatoms. The largest absolute Gasteiger partial charge is 0.220 e. The lowest BCUT2D eigenvalue weighted by molar-refractivity contribution is 0.332. The number of piperidine rings is 1. The Kier molecular flexibility index (Phi) is 3.47. The topological polar surface area (TPSA) is 3.24 Å². The lowest BCUT2D eigenvalue weighted by atomic mass is 9.92. The maximum atomic E-state index is 6.02. The van der Waals surface area contributed by atoms with Crippen molar-refractivity contribution in [2.45, 2.75) is 18.8 Å². The zero-order chi connectivity index (χ0) is 9.97. The molecule has 0 spiro atoms. The van der Waals surface area contributed by atoms with E-state index in [2.05, 4.69) is 40.2 Å². The molecule has 0 aromatic heterocycles. The Hall–Kier alpha value is -0.0500. The molecule has 1 aliphatic rings. The summed E-state index contributed by atoms with van der Waals surface area (Å²) in [6.07, 6.45) is 2.45. The van der Waals surface area contributed by atoms with E-state index in [1.54, 1.807) is 0 Å². The van der Waals surface area contributed by atoms with Crippen LogP contribution in [0.3, 0.4) is 0 Å². The summed E-state index contributed by atoms with van der Waals surface area (Å²) in [5.41, 5.74) is 1.40. The van der Waals surface area contributed by atoms with Gasteiger partial charge in [0.1, 0.15) is 0 Å². The molecule has 1 saturated heterocycles. The van der Waals surface area contributed by atoms with Crippen LogP contribution in [0.1, 0.15) is 24.3 Å². The second-order valence-corrected chi connectivity index (χ2v) is 5.15. The van der Waals surface area contributed by atoms with E-state index in [1.165, 1.54) is 18.4 Å². The first kappa shape index (κ1) is 10.5. The van der Waals surface area contributed by atoms with Crippen LogP contribution < -0.4 is 0 Å². The van der Waals surface area contributed by atoms with Crippen LogP contribution in [0.15, 0.2) is 28.7 Å². The number of nitrogens with zero attached hydrogens (tertiary/aromatic N) is 1. The predicted octanol–water partition coefficient (Wildman–Crippen LogP) is 3.78. The average molecular weight is 275 g/mol. The van der Waals surface area contributed by atoms with E-state index in [0.29, 0.717) is 5.92 Å². The van der Waals surface area contributed by atoms with E-state index in [1.807, 2.05) is 4.42 Å². The van der Waals surface area contributed by atoms with E-state index in [4.69, 9.17) is 11.8 Å². The van der Waals surface area contributed by atoms with Gasteiger partial charge in [-0.3, -0.25) is 0 Å². The zero-order valence-electron chi connectivity index (χ0n) is 7.92. The second-order valence-electron chi connectivity index (χ2n) is 3.76. The van der Waals surface area contributed by atoms with Gasteiger partial charge >= 0.3 is 0 Å². The first-order chi connectivity index (χ1) is 6.75. The molecule has 0 N–H and O–H groups in total. The van der Waals surface area contributed by atoms with Crippen LogP contribution in [-0.4, -0.2) is 17.5 Å².